The molecule has 0 aliphatic heterocycles. The monoisotopic (exact) mass is 274 g/mol. The first-order valence-corrected chi connectivity index (χ1v) is 10.2. The first-order chi connectivity index (χ1) is 8.05. The molecular weight excluding hydrogens is 252 g/mol. The molecule has 0 atom stereocenters. The molecule has 0 saturated carbocycles. The van der Waals surface area contributed by atoms with Gasteiger partial charge in [0.1, 0.15) is 0 Å². The molecule has 0 aromatic carbocycles. The highest BCUT2D eigenvalue weighted by Gasteiger charge is 2.50. The van der Waals surface area contributed by atoms with Crippen LogP contribution in [0.4, 0.5) is 0 Å². The summed E-state index contributed by atoms with van der Waals surface area (Å²) in [5.41, 5.74) is 0.980. The minimum atomic E-state index is -2.35. The van der Waals surface area contributed by atoms with Crippen molar-refractivity contribution >= 4 is 17.1 Å². The van der Waals surface area contributed by atoms with Gasteiger partial charge in [-0.15, -0.1) is 0 Å². The third kappa shape index (κ3) is 3.15. The molecule has 0 bridgehead atoms. The lowest BCUT2D eigenvalue weighted by Crippen LogP contribution is -2.53. The highest BCUT2D eigenvalue weighted by molar-refractivity contribution is 6.86. The Morgan fingerprint density at radius 3 is 1.71 bits per heavy atom. The fraction of sp³-hybridized carbons (Fsp3) is 0.636. The molecular formula is C11H22O4Si2. The van der Waals surface area contributed by atoms with Gasteiger partial charge in [0, 0.05) is 39.6 Å². The van der Waals surface area contributed by atoms with E-state index in [1.165, 1.54) is 0 Å². The van der Waals surface area contributed by atoms with Gasteiger partial charge in [-0.05, 0) is 6.55 Å². The minimum Gasteiger partial charge on any atom is -0.398 e. The van der Waals surface area contributed by atoms with Crippen molar-refractivity contribution in [2.45, 2.75) is 17.8 Å². The lowest BCUT2D eigenvalue weighted by molar-refractivity contribution is 0.221. The van der Waals surface area contributed by atoms with Crippen LogP contribution in [0.5, 0.6) is 0 Å². The van der Waals surface area contributed by atoms with Crippen molar-refractivity contribution < 1.29 is 17.7 Å². The second-order valence-electron chi connectivity index (χ2n) is 4.23. The maximum Gasteiger partial charge on any atom is 0.350 e. The van der Waals surface area contributed by atoms with Crippen molar-refractivity contribution in [3.05, 3.63) is 24.3 Å². The number of rotatable bonds is 7. The summed E-state index contributed by atoms with van der Waals surface area (Å²) in [6, 6.07) is 0. The normalized spacial score (nSPS) is 17.0. The molecule has 4 nitrogen and oxygen atoms in total. The van der Waals surface area contributed by atoms with E-state index < -0.39 is 17.1 Å². The van der Waals surface area contributed by atoms with Crippen LogP contribution >= 0.6 is 0 Å². The molecule has 98 valence electrons. The zero-order chi connectivity index (χ0) is 12.9. The highest BCUT2D eigenvalue weighted by Crippen LogP contribution is 2.36. The summed E-state index contributed by atoms with van der Waals surface area (Å²) >= 11 is 0. The van der Waals surface area contributed by atoms with Crippen LogP contribution in [-0.2, 0) is 17.7 Å². The quantitative estimate of drug-likeness (QED) is 0.666. The Labute approximate surface area is 106 Å². The summed E-state index contributed by atoms with van der Waals surface area (Å²) in [6.45, 7) is 2.04. The Morgan fingerprint density at radius 1 is 0.882 bits per heavy atom. The van der Waals surface area contributed by atoms with Crippen LogP contribution in [0.3, 0.4) is 0 Å². The zero-order valence-electron chi connectivity index (χ0n) is 11.2. The number of hydrogen-bond acceptors (Lipinski definition) is 4. The summed E-state index contributed by atoms with van der Waals surface area (Å²) in [4.78, 5) is 0. The first kappa shape index (κ1) is 14.8. The van der Waals surface area contributed by atoms with E-state index in [2.05, 4.69) is 12.2 Å². The van der Waals surface area contributed by atoms with Crippen LogP contribution in [0.25, 0.3) is 0 Å². The summed E-state index contributed by atoms with van der Waals surface area (Å²) in [5.74, 6) is 0. The van der Waals surface area contributed by atoms with Crippen LogP contribution in [0.2, 0.25) is 17.8 Å². The molecule has 6 heteroatoms. The van der Waals surface area contributed by atoms with Crippen LogP contribution in [0.1, 0.15) is 0 Å². The fourth-order valence-electron chi connectivity index (χ4n) is 2.02. The van der Waals surface area contributed by atoms with Crippen molar-refractivity contribution in [1.82, 2.24) is 0 Å². The molecule has 0 radical (unpaired) electrons. The second-order valence-corrected chi connectivity index (χ2v) is 11.8. The summed E-state index contributed by atoms with van der Waals surface area (Å²) in [7, 11) is 2.28. The summed E-state index contributed by atoms with van der Waals surface area (Å²) < 4.78 is 22.6. The van der Waals surface area contributed by atoms with Gasteiger partial charge in [0.05, 0.1) is 0 Å². The van der Waals surface area contributed by atoms with E-state index in [0.717, 1.165) is 5.67 Å². The predicted octanol–water partition coefficient (Wildman–Crippen LogP) is 2.12. The predicted molar refractivity (Wildman–Crippen MR) is 72.2 cm³/mol. The zero-order valence-corrected chi connectivity index (χ0v) is 13.2. The van der Waals surface area contributed by atoms with Gasteiger partial charge in [-0.3, -0.25) is 0 Å². The smallest absolute Gasteiger partial charge is 0.350 e. The highest BCUT2D eigenvalue weighted by atomic mass is 28.4. The van der Waals surface area contributed by atoms with Crippen LogP contribution in [0, 0.1) is 0 Å². The third-order valence-corrected chi connectivity index (χ3v) is 12.4. The van der Waals surface area contributed by atoms with E-state index in [-0.39, 0.29) is 5.54 Å². The standard InChI is InChI=1S/C11H22O4Si2/c1-12-16(5,13-2)10-17(14-3,15-4)11-8-6-7-9-11/h6-9,11H,10H2,1-5H3. The van der Waals surface area contributed by atoms with Crippen molar-refractivity contribution in [2.24, 2.45) is 0 Å². The van der Waals surface area contributed by atoms with Gasteiger partial charge in [-0.2, -0.15) is 0 Å². The largest absolute Gasteiger partial charge is 0.398 e. The van der Waals surface area contributed by atoms with E-state index in [1.54, 1.807) is 28.4 Å². The Morgan fingerprint density at radius 2 is 1.35 bits per heavy atom. The molecule has 0 aromatic rings. The van der Waals surface area contributed by atoms with Gasteiger partial charge in [0.25, 0.3) is 0 Å². The van der Waals surface area contributed by atoms with Crippen molar-refractivity contribution in [1.29, 1.82) is 0 Å². The minimum absolute atomic E-state index is 0.231. The van der Waals surface area contributed by atoms with E-state index in [1.807, 2.05) is 18.7 Å². The van der Waals surface area contributed by atoms with Crippen LogP contribution < -0.4 is 0 Å². The van der Waals surface area contributed by atoms with Gasteiger partial charge in [-0.25, -0.2) is 0 Å². The molecule has 1 aliphatic rings. The first-order valence-electron chi connectivity index (χ1n) is 5.61. The Balaban J connectivity index is 2.91. The topological polar surface area (TPSA) is 36.9 Å². The van der Waals surface area contributed by atoms with Crippen molar-refractivity contribution in [2.75, 3.05) is 28.4 Å². The van der Waals surface area contributed by atoms with E-state index in [0.29, 0.717) is 0 Å². The van der Waals surface area contributed by atoms with Gasteiger partial charge < -0.3 is 17.7 Å². The van der Waals surface area contributed by atoms with Crippen LogP contribution in [-0.4, -0.2) is 45.6 Å². The molecule has 0 unspecified atom stereocenters. The Bertz CT molecular complexity index is 284. The lowest BCUT2D eigenvalue weighted by Gasteiger charge is -2.36. The second kappa shape index (κ2) is 6.08. The van der Waals surface area contributed by atoms with Crippen molar-refractivity contribution in [3.63, 3.8) is 0 Å². The molecule has 0 spiro atoms. The average molecular weight is 274 g/mol. The average Bonchev–Trinajstić information content (AvgIpc) is 2.90. The summed E-state index contributed by atoms with van der Waals surface area (Å²) in [5, 5.41) is 0. The SMILES string of the molecule is CO[Si](C)(C[Si](OC)(OC)C1C=CC=C1)OC. The van der Waals surface area contributed by atoms with Crippen molar-refractivity contribution in [3.8, 4) is 0 Å². The van der Waals surface area contributed by atoms with Gasteiger partial charge in [0.2, 0.25) is 0 Å². The molecule has 0 heterocycles. The third-order valence-electron chi connectivity index (χ3n) is 3.38. The Hall–Kier alpha value is -0.246. The van der Waals surface area contributed by atoms with E-state index >= 15 is 0 Å². The maximum atomic E-state index is 5.76. The molecule has 0 aromatic heterocycles. The molecule has 0 fully saturated rings. The van der Waals surface area contributed by atoms with E-state index in [4.69, 9.17) is 17.7 Å². The summed E-state index contributed by atoms with van der Waals surface area (Å²) in [6.07, 6.45) is 8.31. The fourth-order valence-corrected chi connectivity index (χ4v) is 10.5. The van der Waals surface area contributed by atoms with Crippen LogP contribution in [0.15, 0.2) is 24.3 Å². The van der Waals surface area contributed by atoms with Gasteiger partial charge in [-0.1, -0.05) is 24.3 Å². The molecule has 1 aliphatic carbocycles. The lowest BCUT2D eigenvalue weighted by atomic mass is 10.5. The molecule has 1 rings (SSSR count). The van der Waals surface area contributed by atoms with Gasteiger partial charge >= 0.3 is 17.1 Å². The van der Waals surface area contributed by atoms with E-state index in [9.17, 15) is 0 Å². The molecule has 0 N–H and O–H groups in total. The maximum absolute atomic E-state index is 5.76. The van der Waals surface area contributed by atoms with Gasteiger partial charge in [0.15, 0.2) is 0 Å². The Kier molecular flexibility index (Phi) is 5.30. The molecule has 0 saturated heterocycles. The molecule has 17 heavy (non-hydrogen) atoms. The number of hydrogen-bond donors (Lipinski definition) is 0. The number of allylic oxidation sites excluding steroid dienone is 4. The molecule has 0 amide bonds.